The Morgan fingerprint density at radius 3 is 2.76 bits per heavy atom. The standard InChI is InChI=1S/C17H25NO3/c1-12-8-9-16(15(10-12)13(2)19)21-11-17(20)18-14-6-4-3-5-7-14/h8-10,13-14,19H,3-7,11H2,1-2H3,(H,18,20)/t13-/m1/s1. The molecule has 2 N–H and O–H groups in total. The summed E-state index contributed by atoms with van der Waals surface area (Å²) < 4.78 is 5.58. The van der Waals surface area contributed by atoms with Crippen molar-refractivity contribution in [3.8, 4) is 5.75 Å². The van der Waals surface area contributed by atoms with E-state index in [0.29, 0.717) is 11.8 Å². The Morgan fingerprint density at radius 1 is 1.38 bits per heavy atom. The van der Waals surface area contributed by atoms with Crippen LogP contribution >= 0.6 is 0 Å². The van der Waals surface area contributed by atoms with Gasteiger partial charge in [-0.25, -0.2) is 0 Å². The Morgan fingerprint density at radius 2 is 2.10 bits per heavy atom. The van der Waals surface area contributed by atoms with Gasteiger partial charge >= 0.3 is 0 Å². The summed E-state index contributed by atoms with van der Waals surface area (Å²) in [6.45, 7) is 3.66. The molecule has 1 saturated carbocycles. The van der Waals surface area contributed by atoms with Gasteiger partial charge in [0.15, 0.2) is 6.61 Å². The van der Waals surface area contributed by atoms with Crippen molar-refractivity contribution < 1.29 is 14.6 Å². The highest BCUT2D eigenvalue weighted by atomic mass is 16.5. The van der Waals surface area contributed by atoms with E-state index in [1.165, 1.54) is 19.3 Å². The smallest absolute Gasteiger partial charge is 0.258 e. The molecule has 4 nitrogen and oxygen atoms in total. The summed E-state index contributed by atoms with van der Waals surface area (Å²) in [4.78, 5) is 11.9. The minimum atomic E-state index is -0.610. The maximum atomic E-state index is 11.9. The van der Waals surface area contributed by atoms with E-state index in [4.69, 9.17) is 4.74 Å². The molecular weight excluding hydrogens is 266 g/mol. The van der Waals surface area contributed by atoms with Gasteiger partial charge in [0.1, 0.15) is 5.75 Å². The van der Waals surface area contributed by atoms with Gasteiger partial charge in [0, 0.05) is 11.6 Å². The number of nitrogens with one attached hydrogen (secondary N) is 1. The molecular formula is C17H25NO3. The normalized spacial score (nSPS) is 17.3. The molecule has 0 aromatic heterocycles. The van der Waals surface area contributed by atoms with Crippen molar-refractivity contribution in [1.29, 1.82) is 0 Å². The Balaban J connectivity index is 1.88. The van der Waals surface area contributed by atoms with Crippen LogP contribution in [0.3, 0.4) is 0 Å². The number of carbonyl (C=O) groups excluding carboxylic acids is 1. The van der Waals surface area contributed by atoms with Crippen molar-refractivity contribution in [2.75, 3.05) is 6.61 Å². The highest BCUT2D eigenvalue weighted by molar-refractivity contribution is 5.77. The quantitative estimate of drug-likeness (QED) is 0.877. The maximum Gasteiger partial charge on any atom is 0.258 e. The number of hydrogen-bond donors (Lipinski definition) is 2. The third kappa shape index (κ3) is 4.74. The Labute approximate surface area is 126 Å². The lowest BCUT2D eigenvalue weighted by atomic mass is 9.95. The molecule has 0 radical (unpaired) electrons. The van der Waals surface area contributed by atoms with E-state index in [1.807, 2.05) is 25.1 Å². The van der Waals surface area contributed by atoms with E-state index >= 15 is 0 Å². The minimum absolute atomic E-state index is 0.000713. The fourth-order valence-electron chi connectivity index (χ4n) is 2.79. The molecule has 4 heteroatoms. The van der Waals surface area contributed by atoms with Crippen LogP contribution in [0, 0.1) is 6.92 Å². The number of carbonyl (C=O) groups is 1. The van der Waals surface area contributed by atoms with E-state index in [-0.39, 0.29) is 12.5 Å². The third-order valence-corrected chi connectivity index (χ3v) is 3.94. The molecule has 1 fully saturated rings. The van der Waals surface area contributed by atoms with Crippen LogP contribution in [0.2, 0.25) is 0 Å². The summed E-state index contributed by atoms with van der Waals surface area (Å²) in [5, 5.41) is 12.8. The number of ether oxygens (including phenoxy) is 1. The predicted molar refractivity (Wildman–Crippen MR) is 82.3 cm³/mol. The molecule has 1 aromatic rings. The fourth-order valence-corrected chi connectivity index (χ4v) is 2.79. The molecule has 0 spiro atoms. The molecule has 0 aliphatic heterocycles. The summed E-state index contributed by atoms with van der Waals surface area (Å²) in [6.07, 6.45) is 5.17. The first-order valence-corrected chi connectivity index (χ1v) is 7.77. The van der Waals surface area contributed by atoms with Crippen LogP contribution in [0.15, 0.2) is 18.2 Å². The van der Waals surface area contributed by atoms with Gasteiger partial charge in [-0.2, -0.15) is 0 Å². The topological polar surface area (TPSA) is 58.6 Å². The average molecular weight is 291 g/mol. The van der Waals surface area contributed by atoms with Gasteiger partial charge in [-0.05, 0) is 38.8 Å². The van der Waals surface area contributed by atoms with Crippen LogP contribution < -0.4 is 10.1 Å². The van der Waals surface area contributed by atoms with Crippen LogP contribution in [0.1, 0.15) is 56.3 Å². The van der Waals surface area contributed by atoms with Crippen LogP contribution in [-0.4, -0.2) is 23.7 Å². The number of aliphatic hydroxyl groups excluding tert-OH is 1. The second-order valence-electron chi connectivity index (χ2n) is 5.91. The monoisotopic (exact) mass is 291 g/mol. The van der Waals surface area contributed by atoms with Crippen molar-refractivity contribution >= 4 is 5.91 Å². The lowest BCUT2D eigenvalue weighted by Gasteiger charge is -2.23. The van der Waals surface area contributed by atoms with Crippen molar-refractivity contribution in [2.45, 2.75) is 58.1 Å². The van der Waals surface area contributed by atoms with E-state index < -0.39 is 6.10 Å². The van der Waals surface area contributed by atoms with Crippen LogP contribution in [-0.2, 0) is 4.79 Å². The van der Waals surface area contributed by atoms with Gasteiger partial charge in [-0.15, -0.1) is 0 Å². The summed E-state index contributed by atoms with van der Waals surface area (Å²) in [5.74, 6) is 0.494. The van der Waals surface area contributed by atoms with E-state index in [1.54, 1.807) is 6.92 Å². The lowest BCUT2D eigenvalue weighted by Crippen LogP contribution is -2.39. The molecule has 116 valence electrons. The van der Waals surface area contributed by atoms with Gasteiger partial charge in [-0.1, -0.05) is 30.9 Å². The third-order valence-electron chi connectivity index (χ3n) is 3.94. The highest BCUT2D eigenvalue weighted by Crippen LogP contribution is 2.26. The number of hydrogen-bond acceptors (Lipinski definition) is 3. The number of aryl methyl sites for hydroxylation is 1. The van der Waals surface area contributed by atoms with Gasteiger partial charge in [0.05, 0.1) is 6.10 Å². The Kier molecular flexibility index (Phi) is 5.62. The predicted octanol–water partition coefficient (Wildman–Crippen LogP) is 2.88. The first-order valence-electron chi connectivity index (χ1n) is 7.77. The Bertz CT molecular complexity index is 479. The molecule has 0 bridgehead atoms. The van der Waals surface area contributed by atoms with Crippen molar-refractivity contribution in [2.24, 2.45) is 0 Å². The zero-order chi connectivity index (χ0) is 15.2. The zero-order valence-electron chi connectivity index (χ0n) is 12.9. The maximum absolute atomic E-state index is 11.9. The fraction of sp³-hybridized carbons (Fsp3) is 0.588. The summed E-state index contributed by atoms with van der Waals surface area (Å²) in [6, 6.07) is 5.91. The molecule has 1 aromatic carbocycles. The summed E-state index contributed by atoms with van der Waals surface area (Å²) >= 11 is 0. The lowest BCUT2D eigenvalue weighted by molar-refractivity contribution is -0.124. The van der Waals surface area contributed by atoms with E-state index in [0.717, 1.165) is 24.0 Å². The molecule has 1 atom stereocenters. The second kappa shape index (κ2) is 7.46. The van der Waals surface area contributed by atoms with Gasteiger partial charge < -0.3 is 15.2 Å². The molecule has 2 rings (SSSR count). The molecule has 1 amide bonds. The number of rotatable bonds is 5. The molecule has 0 unspecified atom stereocenters. The molecule has 0 heterocycles. The first kappa shape index (κ1) is 15.8. The van der Waals surface area contributed by atoms with E-state index in [2.05, 4.69) is 5.32 Å². The zero-order valence-corrected chi connectivity index (χ0v) is 12.9. The Hall–Kier alpha value is -1.55. The van der Waals surface area contributed by atoms with Crippen LogP contribution in [0.4, 0.5) is 0 Å². The van der Waals surface area contributed by atoms with Gasteiger partial charge in [-0.3, -0.25) is 4.79 Å². The molecule has 21 heavy (non-hydrogen) atoms. The highest BCUT2D eigenvalue weighted by Gasteiger charge is 2.16. The van der Waals surface area contributed by atoms with Crippen molar-refractivity contribution in [3.05, 3.63) is 29.3 Å². The number of benzene rings is 1. The average Bonchev–Trinajstić information content (AvgIpc) is 2.47. The van der Waals surface area contributed by atoms with E-state index in [9.17, 15) is 9.90 Å². The van der Waals surface area contributed by atoms with Crippen LogP contribution in [0.5, 0.6) is 5.75 Å². The minimum Gasteiger partial charge on any atom is -0.483 e. The SMILES string of the molecule is Cc1ccc(OCC(=O)NC2CCCCC2)c([C@@H](C)O)c1. The molecule has 1 aliphatic rings. The van der Waals surface area contributed by atoms with Gasteiger partial charge in [0.25, 0.3) is 5.91 Å². The number of aliphatic hydroxyl groups is 1. The first-order chi connectivity index (χ1) is 10.1. The van der Waals surface area contributed by atoms with Crippen molar-refractivity contribution in [3.63, 3.8) is 0 Å². The van der Waals surface area contributed by atoms with Crippen LogP contribution in [0.25, 0.3) is 0 Å². The number of amides is 1. The van der Waals surface area contributed by atoms with Gasteiger partial charge in [0.2, 0.25) is 0 Å². The summed E-state index contributed by atoms with van der Waals surface area (Å²) in [7, 11) is 0. The summed E-state index contributed by atoms with van der Waals surface area (Å²) in [5.41, 5.74) is 1.78. The largest absolute Gasteiger partial charge is 0.483 e. The second-order valence-corrected chi connectivity index (χ2v) is 5.91. The molecule has 1 aliphatic carbocycles. The van der Waals surface area contributed by atoms with Crippen molar-refractivity contribution in [1.82, 2.24) is 5.32 Å². The molecule has 0 saturated heterocycles.